The Balaban J connectivity index is 2.28. The van der Waals surface area contributed by atoms with Crippen LogP contribution in [0.15, 0.2) is 5.51 Å². The van der Waals surface area contributed by atoms with Crippen LogP contribution >= 0.6 is 11.3 Å². The Labute approximate surface area is 90.6 Å². The maximum absolute atomic E-state index is 6.09. The van der Waals surface area contributed by atoms with Gasteiger partial charge in [0.2, 0.25) is 0 Å². The molecular weight excluding hydrogens is 192 g/mol. The van der Waals surface area contributed by atoms with E-state index >= 15 is 0 Å². The summed E-state index contributed by atoms with van der Waals surface area (Å²) in [5, 5.41) is 0. The number of nitrogens with two attached hydrogens (primary N) is 1. The number of thiazole rings is 1. The Bertz CT molecular complexity index is 258. The van der Waals surface area contributed by atoms with E-state index in [1.165, 1.54) is 30.6 Å². The predicted molar refractivity (Wildman–Crippen MR) is 62.5 cm³/mol. The summed E-state index contributed by atoms with van der Waals surface area (Å²) in [5.74, 6) is 0. The maximum Gasteiger partial charge on any atom is 0.0798 e. The first-order valence-electron chi connectivity index (χ1n) is 5.41. The topological polar surface area (TPSA) is 38.9 Å². The molecule has 0 saturated carbocycles. The summed E-state index contributed by atoms with van der Waals surface area (Å²) in [5.41, 5.74) is 9.09. The summed E-state index contributed by atoms with van der Waals surface area (Å²) < 4.78 is 0. The van der Waals surface area contributed by atoms with Gasteiger partial charge in [-0.15, -0.1) is 11.3 Å². The Kier molecular flexibility index (Phi) is 5.12. The van der Waals surface area contributed by atoms with Crippen molar-refractivity contribution in [2.24, 2.45) is 5.73 Å². The monoisotopic (exact) mass is 212 g/mol. The van der Waals surface area contributed by atoms with E-state index in [0.29, 0.717) is 0 Å². The van der Waals surface area contributed by atoms with E-state index in [0.717, 1.165) is 12.1 Å². The van der Waals surface area contributed by atoms with Gasteiger partial charge in [-0.1, -0.05) is 32.6 Å². The van der Waals surface area contributed by atoms with Crippen LogP contribution in [0.2, 0.25) is 0 Å². The molecule has 0 fully saturated rings. The maximum atomic E-state index is 6.09. The van der Waals surface area contributed by atoms with Crippen LogP contribution in [0.4, 0.5) is 0 Å². The second-order valence-electron chi connectivity index (χ2n) is 3.76. The van der Waals surface area contributed by atoms with Crippen LogP contribution in [0, 0.1) is 6.92 Å². The van der Waals surface area contributed by atoms with Gasteiger partial charge in [-0.05, 0) is 13.3 Å². The summed E-state index contributed by atoms with van der Waals surface area (Å²) >= 11 is 1.69. The summed E-state index contributed by atoms with van der Waals surface area (Å²) in [4.78, 5) is 5.49. The molecule has 1 heterocycles. The van der Waals surface area contributed by atoms with E-state index in [-0.39, 0.29) is 6.04 Å². The van der Waals surface area contributed by atoms with E-state index in [9.17, 15) is 0 Å². The highest BCUT2D eigenvalue weighted by Gasteiger charge is 2.10. The summed E-state index contributed by atoms with van der Waals surface area (Å²) in [7, 11) is 0. The first-order chi connectivity index (χ1) is 6.75. The van der Waals surface area contributed by atoms with Gasteiger partial charge in [-0.2, -0.15) is 0 Å². The quantitative estimate of drug-likeness (QED) is 0.734. The van der Waals surface area contributed by atoms with Gasteiger partial charge in [0.25, 0.3) is 0 Å². The highest BCUT2D eigenvalue weighted by atomic mass is 32.1. The fraction of sp³-hybridized carbons (Fsp3) is 0.727. The lowest BCUT2D eigenvalue weighted by atomic mass is 10.1. The van der Waals surface area contributed by atoms with Gasteiger partial charge in [0.05, 0.1) is 11.2 Å². The van der Waals surface area contributed by atoms with E-state index in [2.05, 4.69) is 11.9 Å². The second kappa shape index (κ2) is 6.14. The Morgan fingerprint density at radius 2 is 2.21 bits per heavy atom. The summed E-state index contributed by atoms with van der Waals surface area (Å²) in [6, 6.07) is 0.208. The lowest BCUT2D eigenvalue weighted by Crippen LogP contribution is -2.09. The number of hydrogen-bond donors (Lipinski definition) is 1. The van der Waals surface area contributed by atoms with Crippen LogP contribution in [-0.4, -0.2) is 4.98 Å². The first kappa shape index (κ1) is 11.7. The lowest BCUT2D eigenvalue weighted by molar-refractivity contribution is 0.569. The molecule has 0 amide bonds. The van der Waals surface area contributed by atoms with Crippen molar-refractivity contribution in [1.29, 1.82) is 0 Å². The number of aromatic nitrogens is 1. The Hall–Kier alpha value is -0.410. The number of hydrogen-bond acceptors (Lipinski definition) is 3. The average Bonchev–Trinajstić information content (AvgIpc) is 2.59. The van der Waals surface area contributed by atoms with Gasteiger partial charge in [0.15, 0.2) is 0 Å². The molecule has 1 atom stereocenters. The van der Waals surface area contributed by atoms with Crippen LogP contribution in [-0.2, 0) is 0 Å². The normalized spacial score (nSPS) is 13.1. The number of rotatable bonds is 6. The van der Waals surface area contributed by atoms with E-state index < -0.39 is 0 Å². The molecule has 1 rings (SSSR count). The molecule has 1 aromatic heterocycles. The molecule has 3 heteroatoms. The zero-order chi connectivity index (χ0) is 10.4. The molecule has 0 aliphatic carbocycles. The molecule has 2 N–H and O–H groups in total. The standard InChI is InChI=1S/C11H20N2S/c1-3-4-5-6-7-10(12)11-9(2)13-8-14-11/h8,10H,3-7,12H2,1-2H3. The molecule has 14 heavy (non-hydrogen) atoms. The molecule has 0 bridgehead atoms. The van der Waals surface area contributed by atoms with Crippen molar-refractivity contribution in [3.8, 4) is 0 Å². The molecule has 1 aromatic rings. The van der Waals surface area contributed by atoms with Crippen LogP contribution in [0.1, 0.15) is 55.6 Å². The Morgan fingerprint density at radius 3 is 2.79 bits per heavy atom. The molecule has 0 aliphatic heterocycles. The van der Waals surface area contributed by atoms with Gasteiger partial charge in [-0.25, -0.2) is 4.98 Å². The van der Waals surface area contributed by atoms with E-state index in [1.54, 1.807) is 11.3 Å². The molecule has 0 saturated heterocycles. The fourth-order valence-electron chi connectivity index (χ4n) is 1.59. The van der Waals surface area contributed by atoms with Crippen LogP contribution in [0.5, 0.6) is 0 Å². The molecular formula is C11H20N2S. The molecule has 0 aliphatic rings. The average molecular weight is 212 g/mol. The van der Waals surface area contributed by atoms with Gasteiger partial charge in [-0.3, -0.25) is 0 Å². The SMILES string of the molecule is CCCCCCC(N)c1scnc1C. The van der Waals surface area contributed by atoms with Crippen LogP contribution in [0.3, 0.4) is 0 Å². The third-order valence-corrected chi connectivity index (χ3v) is 3.55. The van der Waals surface area contributed by atoms with Gasteiger partial charge >= 0.3 is 0 Å². The minimum Gasteiger partial charge on any atom is -0.323 e. The molecule has 80 valence electrons. The smallest absolute Gasteiger partial charge is 0.0798 e. The minimum absolute atomic E-state index is 0.208. The molecule has 2 nitrogen and oxygen atoms in total. The fourth-order valence-corrected chi connectivity index (χ4v) is 2.43. The van der Waals surface area contributed by atoms with Crippen molar-refractivity contribution in [1.82, 2.24) is 4.98 Å². The highest BCUT2D eigenvalue weighted by Crippen LogP contribution is 2.23. The second-order valence-corrected chi connectivity index (χ2v) is 4.64. The van der Waals surface area contributed by atoms with E-state index in [4.69, 9.17) is 5.73 Å². The number of nitrogens with zero attached hydrogens (tertiary/aromatic N) is 1. The molecule has 0 radical (unpaired) electrons. The van der Waals surface area contributed by atoms with Gasteiger partial charge < -0.3 is 5.73 Å². The van der Waals surface area contributed by atoms with Gasteiger partial charge in [0.1, 0.15) is 0 Å². The third-order valence-electron chi connectivity index (χ3n) is 2.49. The van der Waals surface area contributed by atoms with Crippen molar-refractivity contribution in [3.05, 3.63) is 16.1 Å². The zero-order valence-electron chi connectivity index (χ0n) is 9.12. The summed E-state index contributed by atoms with van der Waals surface area (Å²) in [6.07, 6.45) is 6.26. The van der Waals surface area contributed by atoms with Crippen molar-refractivity contribution < 1.29 is 0 Å². The van der Waals surface area contributed by atoms with Crippen LogP contribution < -0.4 is 5.73 Å². The van der Waals surface area contributed by atoms with Crippen molar-refractivity contribution in [2.75, 3.05) is 0 Å². The van der Waals surface area contributed by atoms with Gasteiger partial charge in [0, 0.05) is 10.9 Å². The summed E-state index contributed by atoms with van der Waals surface area (Å²) in [6.45, 7) is 4.27. The largest absolute Gasteiger partial charge is 0.323 e. The van der Waals surface area contributed by atoms with Crippen molar-refractivity contribution >= 4 is 11.3 Å². The number of aryl methyl sites for hydroxylation is 1. The highest BCUT2D eigenvalue weighted by molar-refractivity contribution is 7.09. The van der Waals surface area contributed by atoms with Crippen molar-refractivity contribution in [2.45, 2.75) is 52.0 Å². The molecule has 1 unspecified atom stereocenters. The lowest BCUT2D eigenvalue weighted by Gasteiger charge is -2.09. The van der Waals surface area contributed by atoms with E-state index in [1.807, 2.05) is 12.4 Å². The Morgan fingerprint density at radius 1 is 1.43 bits per heavy atom. The zero-order valence-corrected chi connectivity index (χ0v) is 9.94. The number of unbranched alkanes of at least 4 members (excludes halogenated alkanes) is 3. The molecule has 0 spiro atoms. The first-order valence-corrected chi connectivity index (χ1v) is 6.29. The minimum atomic E-state index is 0.208. The van der Waals surface area contributed by atoms with Crippen LogP contribution in [0.25, 0.3) is 0 Å². The van der Waals surface area contributed by atoms with Crippen molar-refractivity contribution in [3.63, 3.8) is 0 Å². The molecule has 0 aromatic carbocycles. The third kappa shape index (κ3) is 3.39. The predicted octanol–water partition coefficient (Wildman–Crippen LogP) is 3.42.